The summed E-state index contributed by atoms with van der Waals surface area (Å²) >= 11 is 6.15. The van der Waals surface area contributed by atoms with Gasteiger partial charge in [-0.05, 0) is 48.9 Å². The molecule has 22 heavy (non-hydrogen) atoms. The first-order valence-electron chi connectivity index (χ1n) is 6.70. The number of nitrogens with one attached hydrogen (secondary N) is 1. The zero-order valence-corrected chi connectivity index (χ0v) is 12.6. The molecule has 0 saturated heterocycles. The standard InChI is InChI=1S/C16H13ClFN3O/c1-10-2-7-14(13(17)8-10)19-9-15-20-21-16(22-15)11-3-5-12(18)6-4-11/h2-8,19H,9H2,1H3. The van der Waals surface area contributed by atoms with Crippen LogP contribution in [0, 0.1) is 12.7 Å². The van der Waals surface area contributed by atoms with Gasteiger partial charge in [0, 0.05) is 5.56 Å². The lowest BCUT2D eigenvalue weighted by molar-refractivity contribution is 0.515. The fourth-order valence-corrected chi connectivity index (χ4v) is 2.27. The second-order valence-corrected chi connectivity index (χ2v) is 5.25. The third-order valence-electron chi connectivity index (χ3n) is 3.11. The van der Waals surface area contributed by atoms with E-state index in [2.05, 4.69) is 15.5 Å². The van der Waals surface area contributed by atoms with Crippen molar-refractivity contribution in [3.63, 3.8) is 0 Å². The van der Waals surface area contributed by atoms with Gasteiger partial charge in [-0.2, -0.15) is 0 Å². The first-order valence-corrected chi connectivity index (χ1v) is 7.08. The maximum Gasteiger partial charge on any atom is 0.247 e. The predicted molar refractivity (Wildman–Crippen MR) is 83.2 cm³/mol. The van der Waals surface area contributed by atoms with Gasteiger partial charge in [-0.3, -0.25) is 0 Å². The van der Waals surface area contributed by atoms with Crippen molar-refractivity contribution in [2.45, 2.75) is 13.5 Å². The summed E-state index contributed by atoms with van der Waals surface area (Å²) in [5.41, 5.74) is 2.56. The molecule has 112 valence electrons. The van der Waals surface area contributed by atoms with Crippen LogP contribution in [0.5, 0.6) is 0 Å². The fourth-order valence-electron chi connectivity index (χ4n) is 1.97. The molecule has 0 amide bonds. The molecule has 0 radical (unpaired) electrons. The molecule has 0 spiro atoms. The van der Waals surface area contributed by atoms with Crippen LogP contribution in [0.25, 0.3) is 11.5 Å². The molecule has 0 aliphatic carbocycles. The van der Waals surface area contributed by atoms with Gasteiger partial charge in [0.05, 0.1) is 17.3 Å². The predicted octanol–water partition coefficient (Wildman–Crippen LogP) is 4.45. The van der Waals surface area contributed by atoms with Crippen LogP contribution in [0.15, 0.2) is 46.9 Å². The van der Waals surface area contributed by atoms with E-state index < -0.39 is 0 Å². The summed E-state index contributed by atoms with van der Waals surface area (Å²) in [6.07, 6.45) is 0. The van der Waals surface area contributed by atoms with E-state index >= 15 is 0 Å². The molecular formula is C16H13ClFN3O. The molecule has 4 nitrogen and oxygen atoms in total. The van der Waals surface area contributed by atoms with Crippen molar-refractivity contribution in [2.75, 3.05) is 5.32 Å². The number of hydrogen-bond acceptors (Lipinski definition) is 4. The van der Waals surface area contributed by atoms with E-state index in [9.17, 15) is 4.39 Å². The van der Waals surface area contributed by atoms with Crippen molar-refractivity contribution in [3.05, 3.63) is 64.8 Å². The number of nitrogens with zero attached hydrogens (tertiary/aromatic N) is 2. The zero-order chi connectivity index (χ0) is 15.5. The Bertz CT molecular complexity index is 786. The molecule has 1 N–H and O–H groups in total. The Balaban J connectivity index is 1.70. The largest absolute Gasteiger partial charge is 0.419 e. The Morgan fingerprint density at radius 3 is 2.64 bits per heavy atom. The Morgan fingerprint density at radius 2 is 1.91 bits per heavy atom. The molecule has 0 saturated carbocycles. The molecule has 1 heterocycles. The van der Waals surface area contributed by atoms with Crippen LogP contribution in [0.3, 0.4) is 0 Å². The topological polar surface area (TPSA) is 51.0 Å². The second kappa shape index (κ2) is 6.15. The average Bonchev–Trinajstić information content (AvgIpc) is 2.96. The van der Waals surface area contributed by atoms with E-state index in [1.165, 1.54) is 12.1 Å². The maximum absolute atomic E-state index is 12.9. The minimum absolute atomic E-state index is 0.306. The highest BCUT2D eigenvalue weighted by Crippen LogP contribution is 2.24. The van der Waals surface area contributed by atoms with E-state index in [4.69, 9.17) is 16.0 Å². The summed E-state index contributed by atoms with van der Waals surface area (Å²) in [6, 6.07) is 11.6. The average molecular weight is 318 g/mol. The molecule has 3 rings (SSSR count). The lowest BCUT2D eigenvalue weighted by atomic mass is 10.2. The van der Waals surface area contributed by atoms with Gasteiger partial charge in [-0.15, -0.1) is 10.2 Å². The van der Waals surface area contributed by atoms with Crippen molar-refractivity contribution in [1.82, 2.24) is 10.2 Å². The van der Waals surface area contributed by atoms with Gasteiger partial charge in [0.1, 0.15) is 5.82 Å². The fraction of sp³-hybridized carbons (Fsp3) is 0.125. The Hall–Kier alpha value is -2.40. The normalized spacial score (nSPS) is 10.7. The molecule has 6 heteroatoms. The van der Waals surface area contributed by atoms with Crippen LogP contribution in [-0.2, 0) is 6.54 Å². The number of rotatable bonds is 4. The monoisotopic (exact) mass is 317 g/mol. The van der Waals surface area contributed by atoms with E-state index in [0.29, 0.717) is 28.9 Å². The van der Waals surface area contributed by atoms with Crippen LogP contribution >= 0.6 is 11.6 Å². The number of aromatic nitrogens is 2. The molecule has 0 aliphatic heterocycles. The summed E-state index contributed by atoms with van der Waals surface area (Å²) in [5, 5.41) is 11.7. The molecule has 0 bridgehead atoms. The first-order chi connectivity index (χ1) is 10.6. The van der Waals surface area contributed by atoms with Gasteiger partial charge in [0.2, 0.25) is 11.8 Å². The highest BCUT2D eigenvalue weighted by atomic mass is 35.5. The van der Waals surface area contributed by atoms with Gasteiger partial charge in [-0.25, -0.2) is 4.39 Å². The Kier molecular flexibility index (Phi) is 4.06. The number of aryl methyl sites for hydroxylation is 1. The molecule has 0 atom stereocenters. The quantitative estimate of drug-likeness (QED) is 0.772. The smallest absolute Gasteiger partial charge is 0.247 e. The van der Waals surface area contributed by atoms with Crippen molar-refractivity contribution in [3.8, 4) is 11.5 Å². The number of hydrogen-bond donors (Lipinski definition) is 1. The summed E-state index contributed by atoms with van der Waals surface area (Å²) in [4.78, 5) is 0. The molecule has 0 fully saturated rings. The molecule has 1 aromatic heterocycles. The van der Waals surface area contributed by atoms with E-state index in [1.54, 1.807) is 12.1 Å². The summed E-state index contributed by atoms with van der Waals surface area (Å²) < 4.78 is 18.4. The molecule has 0 unspecified atom stereocenters. The lowest BCUT2D eigenvalue weighted by Gasteiger charge is -2.06. The third kappa shape index (κ3) is 3.26. The van der Waals surface area contributed by atoms with E-state index in [0.717, 1.165) is 11.3 Å². The van der Waals surface area contributed by atoms with Crippen LogP contribution in [0.2, 0.25) is 5.02 Å². The SMILES string of the molecule is Cc1ccc(NCc2nnc(-c3ccc(F)cc3)o2)c(Cl)c1. The van der Waals surface area contributed by atoms with Gasteiger partial charge in [0.15, 0.2) is 0 Å². The highest BCUT2D eigenvalue weighted by molar-refractivity contribution is 6.33. The van der Waals surface area contributed by atoms with Crippen molar-refractivity contribution in [1.29, 1.82) is 0 Å². The number of halogens is 2. The van der Waals surface area contributed by atoms with Crippen LogP contribution in [0.1, 0.15) is 11.5 Å². The van der Waals surface area contributed by atoms with Crippen LogP contribution < -0.4 is 5.32 Å². The highest BCUT2D eigenvalue weighted by Gasteiger charge is 2.09. The second-order valence-electron chi connectivity index (χ2n) is 4.84. The molecule has 3 aromatic rings. The third-order valence-corrected chi connectivity index (χ3v) is 3.43. The molecule has 2 aromatic carbocycles. The van der Waals surface area contributed by atoms with Crippen molar-refractivity contribution in [2.24, 2.45) is 0 Å². The number of anilines is 1. The summed E-state index contributed by atoms with van der Waals surface area (Å²) in [6.45, 7) is 2.33. The van der Waals surface area contributed by atoms with Gasteiger partial charge in [-0.1, -0.05) is 17.7 Å². The summed E-state index contributed by atoms with van der Waals surface area (Å²) in [5.74, 6) is 0.474. The first kappa shape index (κ1) is 14.5. The molecule has 0 aliphatic rings. The lowest BCUT2D eigenvalue weighted by Crippen LogP contribution is -2.00. The van der Waals surface area contributed by atoms with E-state index in [1.807, 2.05) is 25.1 Å². The van der Waals surface area contributed by atoms with Gasteiger partial charge < -0.3 is 9.73 Å². The number of benzene rings is 2. The van der Waals surface area contributed by atoms with Crippen LogP contribution in [0.4, 0.5) is 10.1 Å². The maximum atomic E-state index is 12.9. The van der Waals surface area contributed by atoms with Gasteiger partial charge in [0.25, 0.3) is 0 Å². The van der Waals surface area contributed by atoms with E-state index in [-0.39, 0.29) is 5.82 Å². The zero-order valence-electron chi connectivity index (χ0n) is 11.8. The minimum atomic E-state index is -0.306. The van der Waals surface area contributed by atoms with Gasteiger partial charge >= 0.3 is 0 Å². The Labute approximate surface area is 131 Å². The van der Waals surface area contributed by atoms with Crippen LogP contribution in [-0.4, -0.2) is 10.2 Å². The van der Waals surface area contributed by atoms with Crippen molar-refractivity contribution < 1.29 is 8.81 Å². The van der Waals surface area contributed by atoms with Crippen molar-refractivity contribution >= 4 is 17.3 Å². The summed E-state index contributed by atoms with van der Waals surface area (Å²) in [7, 11) is 0. The Morgan fingerprint density at radius 1 is 1.14 bits per heavy atom. The molecular weight excluding hydrogens is 305 g/mol. The minimum Gasteiger partial charge on any atom is -0.419 e.